The van der Waals surface area contributed by atoms with E-state index in [0.717, 1.165) is 36.9 Å². The third kappa shape index (κ3) is 6.90. The van der Waals surface area contributed by atoms with Crippen LogP contribution < -0.4 is 21.1 Å². The van der Waals surface area contributed by atoms with Gasteiger partial charge in [-0.1, -0.05) is 44.4 Å². The van der Waals surface area contributed by atoms with Crippen molar-refractivity contribution in [1.82, 2.24) is 21.2 Å². The number of ether oxygens (including phenoxy) is 1. The number of rotatable bonds is 8. The maximum Gasteiger partial charge on any atom is 0.281 e. The van der Waals surface area contributed by atoms with E-state index in [1.807, 2.05) is 6.92 Å². The van der Waals surface area contributed by atoms with Crippen molar-refractivity contribution < 1.29 is 9.53 Å². The fourth-order valence-electron chi connectivity index (χ4n) is 2.88. The molecule has 1 saturated heterocycles. The van der Waals surface area contributed by atoms with Crippen molar-refractivity contribution in [3.8, 4) is 0 Å². The number of morpholine rings is 1. The van der Waals surface area contributed by atoms with E-state index in [0.29, 0.717) is 29.1 Å². The molecule has 0 spiro atoms. The molecule has 0 aliphatic carbocycles. The van der Waals surface area contributed by atoms with Gasteiger partial charge in [0.05, 0.1) is 18.9 Å². The van der Waals surface area contributed by atoms with E-state index in [-0.39, 0.29) is 5.91 Å². The lowest BCUT2D eigenvalue weighted by Crippen LogP contribution is -2.47. The normalized spacial score (nSPS) is 15.3. The number of hydrogen-bond donors (Lipinski definition) is 3. The molecule has 2 heterocycles. The molecule has 2 rings (SSSR count). The monoisotopic (exact) mass is 413 g/mol. The molecular weight excluding hydrogens is 382 g/mol. The van der Waals surface area contributed by atoms with Gasteiger partial charge >= 0.3 is 0 Å². The number of amides is 1. The van der Waals surface area contributed by atoms with Crippen LogP contribution in [0.5, 0.6) is 0 Å². The van der Waals surface area contributed by atoms with Gasteiger partial charge in [0.1, 0.15) is 4.88 Å². The van der Waals surface area contributed by atoms with Crippen molar-refractivity contribution in [2.75, 3.05) is 37.7 Å². The Morgan fingerprint density at radius 3 is 2.74 bits per heavy atom. The number of nitrogens with zero attached hydrogens (tertiary/aromatic N) is 2. The zero-order chi connectivity index (χ0) is 19.6. The van der Waals surface area contributed by atoms with Crippen LogP contribution in [0.2, 0.25) is 0 Å². The van der Waals surface area contributed by atoms with Crippen LogP contribution in [0.4, 0.5) is 5.13 Å². The number of nitrogens with one attached hydrogen (secondary N) is 3. The second-order valence-corrected chi connectivity index (χ2v) is 8.10. The molecule has 27 heavy (non-hydrogen) atoms. The zero-order valence-corrected chi connectivity index (χ0v) is 18.1. The van der Waals surface area contributed by atoms with Gasteiger partial charge in [0.15, 0.2) is 10.2 Å². The minimum atomic E-state index is -0.216. The molecule has 7 nitrogen and oxygen atoms in total. The Hall–Kier alpha value is -1.45. The van der Waals surface area contributed by atoms with Crippen LogP contribution in [-0.4, -0.2) is 48.9 Å². The van der Waals surface area contributed by atoms with Crippen molar-refractivity contribution in [2.45, 2.75) is 46.5 Å². The summed E-state index contributed by atoms with van der Waals surface area (Å²) in [4.78, 5) is 19.8. The Balaban J connectivity index is 1.79. The van der Waals surface area contributed by atoms with Crippen molar-refractivity contribution >= 4 is 39.7 Å². The highest BCUT2D eigenvalue weighted by atomic mass is 32.1. The molecule has 0 radical (unpaired) electrons. The lowest BCUT2D eigenvalue weighted by Gasteiger charge is -2.25. The van der Waals surface area contributed by atoms with Gasteiger partial charge in [0, 0.05) is 19.6 Å². The summed E-state index contributed by atoms with van der Waals surface area (Å²) in [5.74, 6) is 0.381. The van der Waals surface area contributed by atoms with Gasteiger partial charge in [-0.25, -0.2) is 4.98 Å². The standard InChI is InChI=1S/C18H31N5O2S2/c1-4-6-7-14(5-2)12-19-17(26)22-21-16(24)15-13(3)20-18(27-15)23-8-10-25-11-9-23/h14H,4-12H2,1-3H3,(H,21,24)(H2,19,22,26)/t14-/m0/s1. The maximum atomic E-state index is 12.5. The summed E-state index contributed by atoms with van der Waals surface area (Å²) in [6.45, 7) is 10.1. The molecule has 0 bridgehead atoms. The Bertz CT molecular complexity index is 617. The number of thiocarbonyl (C=S) groups is 1. The highest BCUT2D eigenvalue weighted by Crippen LogP contribution is 2.26. The fourth-order valence-corrected chi connectivity index (χ4v) is 4.03. The number of hydrazine groups is 1. The number of aryl methyl sites for hydroxylation is 1. The molecule has 1 amide bonds. The van der Waals surface area contributed by atoms with Crippen LogP contribution in [0.3, 0.4) is 0 Å². The van der Waals surface area contributed by atoms with E-state index < -0.39 is 0 Å². The minimum absolute atomic E-state index is 0.216. The predicted molar refractivity (Wildman–Crippen MR) is 114 cm³/mol. The molecule has 0 saturated carbocycles. The van der Waals surface area contributed by atoms with E-state index in [2.05, 4.69) is 39.9 Å². The second kappa shape index (κ2) is 11.4. The van der Waals surface area contributed by atoms with Gasteiger partial charge in [0.25, 0.3) is 5.91 Å². The highest BCUT2D eigenvalue weighted by Gasteiger charge is 2.20. The summed E-state index contributed by atoms with van der Waals surface area (Å²) in [6, 6.07) is 0. The number of unbranched alkanes of at least 4 members (excludes halogenated alkanes) is 1. The van der Waals surface area contributed by atoms with Gasteiger partial charge in [0.2, 0.25) is 0 Å². The molecule has 152 valence electrons. The number of anilines is 1. The van der Waals surface area contributed by atoms with Crippen molar-refractivity contribution in [1.29, 1.82) is 0 Å². The first-order valence-corrected chi connectivity index (χ1v) is 10.9. The molecule has 3 N–H and O–H groups in total. The topological polar surface area (TPSA) is 78.5 Å². The quantitative estimate of drug-likeness (QED) is 0.447. The predicted octanol–water partition coefficient (Wildman–Crippen LogP) is 2.61. The number of aromatic nitrogens is 1. The SMILES string of the molecule is CCCC[C@H](CC)CNC(=S)NNC(=O)c1sc(N2CCOCC2)nc1C. The summed E-state index contributed by atoms with van der Waals surface area (Å²) in [7, 11) is 0. The van der Waals surface area contributed by atoms with E-state index in [4.69, 9.17) is 17.0 Å². The first-order valence-electron chi connectivity index (χ1n) is 9.69. The Morgan fingerprint density at radius 1 is 1.33 bits per heavy atom. The van der Waals surface area contributed by atoms with Gasteiger partial charge in [-0.2, -0.15) is 0 Å². The van der Waals surface area contributed by atoms with Gasteiger partial charge in [-0.3, -0.25) is 15.6 Å². The average Bonchev–Trinajstić information content (AvgIpc) is 3.08. The van der Waals surface area contributed by atoms with Crippen LogP contribution in [0.15, 0.2) is 0 Å². The smallest absolute Gasteiger partial charge is 0.281 e. The van der Waals surface area contributed by atoms with Gasteiger partial charge in [-0.15, -0.1) is 0 Å². The Morgan fingerprint density at radius 2 is 2.07 bits per heavy atom. The fraction of sp³-hybridized carbons (Fsp3) is 0.722. The number of thiazole rings is 1. The van der Waals surface area contributed by atoms with E-state index in [9.17, 15) is 4.79 Å². The molecule has 1 aromatic rings. The van der Waals surface area contributed by atoms with Crippen LogP contribution in [0.1, 0.15) is 54.9 Å². The van der Waals surface area contributed by atoms with Gasteiger partial charge in [-0.05, 0) is 31.5 Å². The van der Waals surface area contributed by atoms with E-state index in [1.165, 1.54) is 30.6 Å². The molecule has 1 atom stereocenters. The second-order valence-electron chi connectivity index (χ2n) is 6.72. The number of carbonyl (C=O) groups excluding carboxylic acids is 1. The molecule has 9 heteroatoms. The van der Waals surface area contributed by atoms with Crippen LogP contribution in [0, 0.1) is 12.8 Å². The van der Waals surface area contributed by atoms with Crippen LogP contribution in [-0.2, 0) is 4.74 Å². The van der Waals surface area contributed by atoms with Crippen molar-refractivity contribution in [2.24, 2.45) is 5.92 Å². The summed E-state index contributed by atoms with van der Waals surface area (Å²) in [6.07, 6.45) is 4.74. The van der Waals surface area contributed by atoms with E-state index >= 15 is 0 Å². The third-order valence-corrected chi connectivity index (χ3v) is 6.12. The summed E-state index contributed by atoms with van der Waals surface area (Å²) in [5, 5.41) is 4.50. The lowest BCUT2D eigenvalue weighted by atomic mass is 9.99. The molecular formula is C18H31N5O2S2. The number of hydrogen-bond acceptors (Lipinski definition) is 6. The van der Waals surface area contributed by atoms with Crippen molar-refractivity contribution in [3.05, 3.63) is 10.6 Å². The largest absolute Gasteiger partial charge is 0.378 e. The molecule has 0 unspecified atom stereocenters. The van der Waals surface area contributed by atoms with E-state index in [1.54, 1.807) is 0 Å². The Labute approximate surface area is 171 Å². The first kappa shape index (κ1) is 21.8. The maximum absolute atomic E-state index is 12.5. The highest BCUT2D eigenvalue weighted by molar-refractivity contribution is 7.80. The van der Waals surface area contributed by atoms with Crippen LogP contribution in [0.25, 0.3) is 0 Å². The number of carbonyl (C=O) groups is 1. The molecule has 1 aliphatic heterocycles. The third-order valence-electron chi connectivity index (χ3n) is 4.66. The summed E-state index contributed by atoms with van der Waals surface area (Å²) >= 11 is 6.67. The molecule has 1 aromatic heterocycles. The average molecular weight is 414 g/mol. The first-order chi connectivity index (χ1) is 13.0. The van der Waals surface area contributed by atoms with Crippen molar-refractivity contribution in [3.63, 3.8) is 0 Å². The molecule has 0 aromatic carbocycles. The minimum Gasteiger partial charge on any atom is -0.378 e. The summed E-state index contributed by atoms with van der Waals surface area (Å²) < 4.78 is 5.36. The molecule has 1 fully saturated rings. The lowest BCUT2D eigenvalue weighted by molar-refractivity contribution is 0.0947. The molecule has 1 aliphatic rings. The van der Waals surface area contributed by atoms with Crippen LogP contribution >= 0.6 is 23.6 Å². The van der Waals surface area contributed by atoms with Gasteiger partial charge < -0.3 is 15.0 Å². The zero-order valence-electron chi connectivity index (χ0n) is 16.5. The summed E-state index contributed by atoms with van der Waals surface area (Å²) in [5.41, 5.74) is 6.20. The Kier molecular flexibility index (Phi) is 9.23.